The fraction of sp³-hybridized carbons (Fsp3) is 0. The van der Waals surface area contributed by atoms with Crippen LogP contribution < -0.4 is 0 Å². The van der Waals surface area contributed by atoms with Gasteiger partial charge in [-0.1, -0.05) is 58.4 Å². The van der Waals surface area contributed by atoms with Crippen molar-refractivity contribution in [2.45, 2.75) is 0 Å². The summed E-state index contributed by atoms with van der Waals surface area (Å²) in [5.74, 6) is 0. The van der Waals surface area contributed by atoms with E-state index < -0.39 is 0 Å². The summed E-state index contributed by atoms with van der Waals surface area (Å²) < 4.78 is 2.89. The van der Waals surface area contributed by atoms with E-state index in [2.05, 4.69) is 15.9 Å². The number of nitro groups is 1. The predicted molar refractivity (Wildman–Crippen MR) is 103 cm³/mol. The van der Waals surface area contributed by atoms with Gasteiger partial charge in [0.15, 0.2) is 0 Å². The van der Waals surface area contributed by atoms with Crippen LogP contribution in [0.5, 0.6) is 0 Å². The number of hydrogen-bond donors (Lipinski definition) is 0. The Morgan fingerprint density at radius 1 is 0.920 bits per heavy atom. The molecule has 0 atom stereocenters. The van der Waals surface area contributed by atoms with Crippen LogP contribution >= 0.6 is 15.9 Å². The maximum absolute atomic E-state index is 11.4. The monoisotopic (exact) mass is 392 g/mol. The van der Waals surface area contributed by atoms with Crippen molar-refractivity contribution in [3.05, 3.63) is 93.6 Å². The van der Waals surface area contributed by atoms with E-state index in [1.807, 2.05) is 65.4 Å². The van der Waals surface area contributed by atoms with Crippen molar-refractivity contribution in [3.8, 4) is 16.8 Å². The summed E-state index contributed by atoms with van der Waals surface area (Å²) in [6.07, 6.45) is 1.97. The molecule has 0 fully saturated rings. The Kier molecular flexibility index (Phi) is 3.86. The molecule has 1 heterocycles. The van der Waals surface area contributed by atoms with E-state index in [9.17, 15) is 10.1 Å². The van der Waals surface area contributed by atoms with Crippen molar-refractivity contribution in [2.24, 2.45) is 0 Å². The van der Waals surface area contributed by atoms with Crippen LogP contribution in [0.3, 0.4) is 0 Å². The molecule has 1 aromatic heterocycles. The Morgan fingerprint density at radius 3 is 2.48 bits per heavy atom. The van der Waals surface area contributed by atoms with E-state index in [0.29, 0.717) is 5.69 Å². The zero-order chi connectivity index (χ0) is 17.4. The molecule has 4 nitrogen and oxygen atoms in total. The topological polar surface area (TPSA) is 48.1 Å². The molecule has 122 valence electrons. The van der Waals surface area contributed by atoms with Crippen molar-refractivity contribution in [2.75, 3.05) is 0 Å². The molecule has 0 unspecified atom stereocenters. The highest BCUT2D eigenvalue weighted by Crippen LogP contribution is 2.35. The average Bonchev–Trinajstić information content (AvgIpc) is 3.01. The third-order valence-corrected chi connectivity index (χ3v) is 4.68. The molecule has 0 saturated carbocycles. The predicted octanol–water partition coefficient (Wildman–Crippen LogP) is 5.97. The summed E-state index contributed by atoms with van der Waals surface area (Å²) in [4.78, 5) is 11.1. The third kappa shape index (κ3) is 2.72. The van der Waals surface area contributed by atoms with E-state index in [-0.39, 0.29) is 10.6 Å². The van der Waals surface area contributed by atoms with Gasteiger partial charge in [-0.15, -0.1) is 0 Å². The normalized spacial score (nSPS) is 10.9. The van der Waals surface area contributed by atoms with Crippen LogP contribution in [0.1, 0.15) is 0 Å². The zero-order valence-corrected chi connectivity index (χ0v) is 14.7. The Hall–Kier alpha value is -2.92. The van der Waals surface area contributed by atoms with Gasteiger partial charge >= 0.3 is 0 Å². The molecule has 0 spiro atoms. The van der Waals surface area contributed by atoms with Gasteiger partial charge in [0.25, 0.3) is 5.69 Å². The van der Waals surface area contributed by atoms with Gasteiger partial charge in [-0.2, -0.15) is 0 Å². The van der Waals surface area contributed by atoms with Gasteiger partial charge in [0.1, 0.15) is 5.69 Å². The molecular formula is C20H13BrN2O2. The van der Waals surface area contributed by atoms with Gasteiger partial charge in [-0.3, -0.25) is 10.1 Å². The summed E-state index contributed by atoms with van der Waals surface area (Å²) in [7, 11) is 0. The first-order valence-electron chi connectivity index (χ1n) is 7.75. The van der Waals surface area contributed by atoms with Crippen LogP contribution in [-0.4, -0.2) is 9.49 Å². The Morgan fingerprint density at radius 2 is 1.68 bits per heavy atom. The zero-order valence-electron chi connectivity index (χ0n) is 13.1. The van der Waals surface area contributed by atoms with Crippen LogP contribution in [0.4, 0.5) is 5.69 Å². The SMILES string of the molecule is O=[N+]([O-])c1ccccc1-n1cc(-c2cccc(Br)c2)c2ccccc21. The number of hydrogen-bond acceptors (Lipinski definition) is 2. The summed E-state index contributed by atoms with van der Waals surface area (Å²) >= 11 is 3.51. The van der Waals surface area contributed by atoms with Crippen molar-refractivity contribution < 1.29 is 4.92 Å². The number of rotatable bonds is 3. The second kappa shape index (κ2) is 6.18. The Bertz CT molecular complexity index is 1100. The summed E-state index contributed by atoms with van der Waals surface area (Å²) in [5, 5.41) is 12.5. The average molecular weight is 393 g/mol. The highest BCUT2D eigenvalue weighted by molar-refractivity contribution is 9.10. The molecule has 4 rings (SSSR count). The molecule has 0 radical (unpaired) electrons. The maximum atomic E-state index is 11.4. The smallest absolute Gasteiger partial charge is 0.293 e. The highest BCUT2D eigenvalue weighted by atomic mass is 79.9. The summed E-state index contributed by atoms with van der Waals surface area (Å²) in [6.45, 7) is 0. The van der Waals surface area contributed by atoms with Gasteiger partial charge < -0.3 is 4.57 Å². The van der Waals surface area contributed by atoms with Crippen molar-refractivity contribution in [1.29, 1.82) is 0 Å². The molecule has 0 bridgehead atoms. The minimum absolute atomic E-state index is 0.0871. The fourth-order valence-corrected chi connectivity index (χ4v) is 3.49. The second-order valence-electron chi connectivity index (χ2n) is 5.69. The maximum Gasteiger partial charge on any atom is 0.293 e. The fourth-order valence-electron chi connectivity index (χ4n) is 3.09. The first-order chi connectivity index (χ1) is 12.1. The number of para-hydroxylation sites is 3. The third-order valence-electron chi connectivity index (χ3n) is 4.19. The molecule has 0 aliphatic carbocycles. The van der Waals surface area contributed by atoms with Crippen molar-refractivity contribution >= 4 is 32.5 Å². The quantitative estimate of drug-likeness (QED) is 0.318. The highest BCUT2D eigenvalue weighted by Gasteiger charge is 2.18. The van der Waals surface area contributed by atoms with Gasteiger partial charge in [-0.05, 0) is 29.8 Å². The summed E-state index contributed by atoms with van der Waals surface area (Å²) in [5.41, 5.74) is 3.68. The second-order valence-corrected chi connectivity index (χ2v) is 6.60. The molecule has 0 amide bonds. The van der Waals surface area contributed by atoms with E-state index >= 15 is 0 Å². The van der Waals surface area contributed by atoms with E-state index in [4.69, 9.17) is 0 Å². The lowest BCUT2D eigenvalue weighted by Gasteiger charge is -2.05. The molecule has 0 saturated heterocycles. The molecule has 0 aliphatic heterocycles. The van der Waals surface area contributed by atoms with Crippen molar-refractivity contribution in [3.63, 3.8) is 0 Å². The number of nitrogens with zero attached hydrogens (tertiary/aromatic N) is 2. The van der Waals surface area contributed by atoms with Gasteiger partial charge in [0.2, 0.25) is 0 Å². The lowest BCUT2D eigenvalue weighted by Crippen LogP contribution is -1.98. The van der Waals surface area contributed by atoms with Gasteiger partial charge in [0, 0.05) is 27.7 Å². The first kappa shape index (κ1) is 15.6. The molecule has 4 aromatic rings. The molecular weight excluding hydrogens is 380 g/mol. The Labute approximate surface area is 152 Å². The molecule has 0 aliphatic rings. The first-order valence-corrected chi connectivity index (χ1v) is 8.54. The lowest BCUT2D eigenvalue weighted by molar-refractivity contribution is -0.384. The van der Waals surface area contributed by atoms with E-state index in [0.717, 1.165) is 26.5 Å². The largest absolute Gasteiger partial charge is 0.310 e. The van der Waals surface area contributed by atoms with E-state index in [1.54, 1.807) is 12.1 Å². The molecule has 3 aromatic carbocycles. The minimum Gasteiger partial charge on any atom is -0.310 e. The standard InChI is InChI=1S/C20H13BrN2O2/c21-15-7-5-6-14(12-15)17-13-22(18-9-2-1-8-16(17)18)19-10-3-4-11-20(19)23(24)25/h1-13H. The van der Waals surface area contributed by atoms with Gasteiger partial charge in [0.05, 0.1) is 10.4 Å². The van der Waals surface area contributed by atoms with Crippen LogP contribution in [0, 0.1) is 10.1 Å². The van der Waals surface area contributed by atoms with E-state index in [1.165, 1.54) is 6.07 Å². The molecule has 0 N–H and O–H groups in total. The summed E-state index contributed by atoms with van der Waals surface area (Å²) in [6, 6.07) is 22.8. The van der Waals surface area contributed by atoms with Crippen LogP contribution in [0.25, 0.3) is 27.7 Å². The van der Waals surface area contributed by atoms with Gasteiger partial charge in [-0.25, -0.2) is 0 Å². The van der Waals surface area contributed by atoms with Crippen LogP contribution in [-0.2, 0) is 0 Å². The molecule has 5 heteroatoms. The van der Waals surface area contributed by atoms with Crippen molar-refractivity contribution in [1.82, 2.24) is 4.57 Å². The molecule has 25 heavy (non-hydrogen) atoms. The minimum atomic E-state index is -0.344. The number of benzene rings is 3. The number of fused-ring (bicyclic) bond motifs is 1. The Balaban J connectivity index is 2.03. The van der Waals surface area contributed by atoms with Crippen LogP contribution in [0.2, 0.25) is 0 Å². The number of aromatic nitrogens is 1. The number of halogens is 1. The lowest BCUT2D eigenvalue weighted by atomic mass is 10.1. The van der Waals surface area contributed by atoms with Crippen LogP contribution in [0.15, 0.2) is 83.5 Å². The number of nitro benzene ring substituents is 1.